The summed E-state index contributed by atoms with van der Waals surface area (Å²) in [6.45, 7) is 1.05. The van der Waals surface area contributed by atoms with Gasteiger partial charge in [-0.2, -0.15) is 11.8 Å². The van der Waals surface area contributed by atoms with Gasteiger partial charge in [0, 0.05) is 29.9 Å². The van der Waals surface area contributed by atoms with E-state index in [1.807, 2.05) is 11.8 Å². The summed E-state index contributed by atoms with van der Waals surface area (Å²) in [4.78, 5) is 4.78. The van der Waals surface area contributed by atoms with Gasteiger partial charge in [-0.3, -0.25) is 10.9 Å². The minimum absolute atomic E-state index is 0.594. The molecule has 2 aliphatic rings. The number of thioether (sulfide) groups is 1. The molecule has 3 atom stereocenters. The minimum Gasteiger partial charge on any atom is -0.334 e. The molecule has 1 saturated heterocycles. The second-order valence-electron chi connectivity index (χ2n) is 7.58. The molecule has 0 radical (unpaired) electrons. The van der Waals surface area contributed by atoms with Crippen LogP contribution in [0.2, 0.25) is 0 Å². The van der Waals surface area contributed by atoms with E-state index in [1.165, 1.54) is 43.4 Å². The molecule has 3 unspecified atom stereocenters. The van der Waals surface area contributed by atoms with Gasteiger partial charge < -0.3 is 4.57 Å². The number of hydrazine groups is 1. The lowest BCUT2D eigenvalue weighted by Gasteiger charge is -2.27. The maximum absolute atomic E-state index is 4.78. The van der Waals surface area contributed by atoms with Crippen LogP contribution in [0.4, 0.5) is 0 Å². The van der Waals surface area contributed by atoms with Crippen molar-refractivity contribution >= 4 is 11.8 Å². The van der Waals surface area contributed by atoms with Crippen molar-refractivity contribution in [2.75, 3.05) is 12.0 Å². The van der Waals surface area contributed by atoms with Crippen LogP contribution in [0.25, 0.3) is 11.3 Å². The molecule has 1 aromatic heterocycles. The Balaban J connectivity index is 1.48. The lowest BCUT2D eigenvalue weighted by molar-refractivity contribution is 0.293. The Bertz CT molecular complexity index is 699. The Kier molecular flexibility index (Phi) is 5.98. The van der Waals surface area contributed by atoms with Crippen LogP contribution in [0, 0.1) is 5.92 Å². The molecule has 2 fully saturated rings. The molecule has 1 aromatic carbocycles. The van der Waals surface area contributed by atoms with E-state index < -0.39 is 0 Å². The molecule has 4 nitrogen and oxygen atoms in total. The molecule has 0 spiro atoms. The number of aryl methyl sites for hydroxylation is 1. The zero-order valence-corrected chi connectivity index (χ0v) is 16.5. The van der Waals surface area contributed by atoms with Crippen LogP contribution in [-0.4, -0.2) is 33.6 Å². The average molecular weight is 371 g/mol. The molecule has 140 valence electrons. The monoisotopic (exact) mass is 370 g/mol. The van der Waals surface area contributed by atoms with E-state index in [4.69, 9.17) is 4.98 Å². The summed E-state index contributed by atoms with van der Waals surface area (Å²) in [7, 11) is 0. The minimum atomic E-state index is 0.594. The Morgan fingerprint density at radius 1 is 1.15 bits per heavy atom. The Labute approximate surface area is 161 Å². The third kappa shape index (κ3) is 3.85. The van der Waals surface area contributed by atoms with Gasteiger partial charge in [-0.15, -0.1) is 0 Å². The van der Waals surface area contributed by atoms with Gasteiger partial charge in [-0.05, 0) is 43.6 Å². The lowest BCUT2D eigenvalue weighted by Crippen LogP contribution is -2.33. The highest BCUT2D eigenvalue weighted by atomic mass is 32.2. The molecular weight excluding hydrogens is 340 g/mol. The molecule has 26 heavy (non-hydrogen) atoms. The van der Waals surface area contributed by atoms with Crippen molar-refractivity contribution in [2.45, 2.75) is 57.2 Å². The smallest absolute Gasteiger partial charge is 0.0956 e. The fourth-order valence-electron chi connectivity index (χ4n) is 4.60. The number of benzene rings is 1. The standard InChI is InChI=1S/C21H30N4S/c1-26-14-12-20-21(16-7-3-2-4-8-16)22-15-25(20)13-11-19-17-9-5-6-10-18(17)23-24-19/h2-4,7-8,15,17-19,23-24H,5-6,9-14H2,1H3. The molecule has 1 aliphatic carbocycles. The van der Waals surface area contributed by atoms with Crippen LogP contribution in [0.15, 0.2) is 36.7 Å². The highest BCUT2D eigenvalue weighted by Crippen LogP contribution is 2.32. The van der Waals surface area contributed by atoms with E-state index >= 15 is 0 Å². The number of hydrogen-bond acceptors (Lipinski definition) is 4. The van der Waals surface area contributed by atoms with Crippen LogP contribution in [0.3, 0.4) is 0 Å². The molecule has 2 aromatic rings. The highest BCUT2D eigenvalue weighted by molar-refractivity contribution is 7.98. The molecule has 5 heteroatoms. The highest BCUT2D eigenvalue weighted by Gasteiger charge is 2.36. The molecule has 0 bridgehead atoms. The number of imidazole rings is 1. The van der Waals surface area contributed by atoms with Crippen molar-refractivity contribution in [3.8, 4) is 11.3 Å². The zero-order chi connectivity index (χ0) is 17.8. The first kappa shape index (κ1) is 18.1. The van der Waals surface area contributed by atoms with Crippen LogP contribution in [-0.2, 0) is 13.0 Å². The largest absolute Gasteiger partial charge is 0.334 e. The molecular formula is C21H30N4S. The first-order valence-corrected chi connectivity index (χ1v) is 11.4. The third-order valence-corrected chi connectivity index (χ3v) is 6.62. The fourth-order valence-corrected chi connectivity index (χ4v) is 5.00. The number of aromatic nitrogens is 2. The van der Waals surface area contributed by atoms with E-state index in [-0.39, 0.29) is 0 Å². The molecule has 0 amide bonds. The van der Waals surface area contributed by atoms with Crippen molar-refractivity contribution in [1.29, 1.82) is 0 Å². The van der Waals surface area contributed by atoms with Gasteiger partial charge >= 0.3 is 0 Å². The van der Waals surface area contributed by atoms with Crippen molar-refractivity contribution in [3.63, 3.8) is 0 Å². The maximum atomic E-state index is 4.78. The van der Waals surface area contributed by atoms with E-state index in [9.17, 15) is 0 Å². The Morgan fingerprint density at radius 2 is 2.00 bits per heavy atom. The van der Waals surface area contributed by atoms with Crippen molar-refractivity contribution in [2.24, 2.45) is 5.92 Å². The lowest BCUT2D eigenvalue weighted by atomic mass is 9.81. The zero-order valence-electron chi connectivity index (χ0n) is 15.7. The summed E-state index contributed by atoms with van der Waals surface area (Å²) >= 11 is 1.91. The molecule has 2 heterocycles. The van der Waals surface area contributed by atoms with E-state index in [0.717, 1.165) is 30.3 Å². The molecule has 1 saturated carbocycles. The van der Waals surface area contributed by atoms with Gasteiger partial charge in [-0.25, -0.2) is 4.98 Å². The van der Waals surface area contributed by atoms with Crippen molar-refractivity contribution in [1.82, 2.24) is 20.4 Å². The van der Waals surface area contributed by atoms with Crippen molar-refractivity contribution < 1.29 is 0 Å². The topological polar surface area (TPSA) is 41.9 Å². The first-order valence-electron chi connectivity index (χ1n) is 9.96. The fraction of sp³-hybridized carbons (Fsp3) is 0.571. The van der Waals surface area contributed by atoms with Crippen LogP contribution in [0.1, 0.15) is 37.8 Å². The van der Waals surface area contributed by atoms with Gasteiger partial charge in [0.2, 0.25) is 0 Å². The van der Waals surface area contributed by atoms with Gasteiger partial charge in [0.15, 0.2) is 0 Å². The predicted molar refractivity (Wildman–Crippen MR) is 110 cm³/mol. The number of hydrogen-bond donors (Lipinski definition) is 2. The quantitative estimate of drug-likeness (QED) is 0.776. The molecule has 1 aliphatic heterocycles. The van der Waals surface area contributed by atoms with E-state index in [0.29, 0.717) is 12.1 Å². The van der Waals surface area contributed by atoms with Gasteiger partial charge in [0.05, 0.1) is 12.0 Å². The predicted octanol–water partition coefficient (Wildman–Crippen LogP) is 3.88. The summed E-state index contributed by atoms with van der Waals surface area (Å²) in [5, 5.41) is 0. The SMILES string of the molecule is CSCCc1c(-c2ccccc2)ncn1CCC1NNC2CCCCC21. The van der Waals surface area contributed by atoms with E-state index in [1.54, 1.807) is 0 Å². The summed E-state index contributed by atoms with van der Waals surface area (Å²) in [6, 6.07) is 11.9. The molecule has 2 N–H and O–H groups in total. The maximum Gasteiger partial charge on any atom is 0.0956 e. The van der Waals surface area contributed by atoms with Gasteiger partial charge in [-0.1, -0.05) is 43.2 Å². The normalized spacial score (nSPS) is 25.3. The second kappa shape index (κ2) is 8.59. The Morgan fingerprint density at radius 3 is 2.85 bits per heavy atom. The third-order valence-electron chi connectivity index (χ3n) is 6.01. The van der Waals surface area contributed by atoms with Crippen molar-refractivity contribution in [3.05, 3.63) is 42.4 Å². The number of fused-ring (bicyclic) bond motifs is 1. The number of nitrogens with zero attached hydrogens (tertiary/aromatic N) is 2. The second-order valence-corrected chi connectivity index (χ2v) is 8.57. The first-order chi connectivity index (χ1) is 12.9. The van der Waals surface area contributed by atoms with Crippen LogP contribution < -0.4 is 10.9 Å². The van der Waals surface area contributed by atoms with Gasteiger partial charge in [0.25, 0.3) is 0 Å². The van der Waals surface area contributed by atoms with E-state index in [2.05, 4.69) is 58.3 Å². The van der Waals surface area contributed by atoms with Crippen LogP contribution in [0.5, 0.6) is 0 Å². The van der Waals surface area contributed by atoms with Gasteiger partial charge in [0.1, 0.15) is 0 Å². The summed E-state index contributed by atoms with van der Waals surface area (Å²) in [5.74, 6) is 1.94. The number of nitrogens with one attached hydrogen (secondary N) is 2. The molecule has 4 rings (SSSR count). The Hall–Kier alpha value is -1.30. The summed E-state index contributed by atoms with van der Waals surface area (Å²) in [5.41, 5.74) is 10.9. The van der Waals surface area contributed by atoms with Crippen LogP contribution >= 0.6 is 11.8 Å². The average Bonchev–Trinajstić information content (AvgIpc) is 3.29. The number of rotatable bonds is 7. The summed E-state index contributed by atoms with van der Waals surface area (Å²) < 4.78 is 2.40. The summed E-state index contributed by atoms with van der Waals surface area (Å²) in [6.07, 6.45) is 12.0.